The van der Waals surface area contributed by atoms with Crippen LogP contribution < -0.4 is 5.73 Å². The van der Waals surface area contributed by atoms with Gasteiger partial charge < -0.3 is 5.73 Å². The molecule has 0 atom stereocenters. The molecule has 0 aliphatic heterocycles. The lowest BCUT2D eigenvalue weighted by Crippen LogP contribution is -2.05. The minimum atomic E-state index is 0.595. The number of hydrogen-bond donors (Lipinski definition) is 1. The van der Waals surface area contributed by atoms with Gasteiger partial charge >= 0.3 is 0 Å². The summed E-state index contributed by atoms with van der Waals surface area (Å²) < 4.78 is 0. The van der Waals surface area contributed by atoms with Gasteiger partial charge in [0.05, 0.1) is 5.56 Å². The summed E-state index contributed by atoms with van der Waals surface area (Å²) in [6, 6.07) is 2.09. The van der Waals surface area contributed by atoms with Crippen LogP contribution in [0.1, 0.15) is 16.7 Å². The van der Waals surface area contributed by atoms with Gasteiger partial charge in [0.1, 0.15) is 6.07 Å². The van der Waals surface area contributed by atoms with E-state index in [0.29, 0.717) is 12.1 Å². The Bertz CT molecular complexity index is 312. The topological polar surface area (TPSA) is 62.7 Å². The average molecular weight is 161 g/mol. The lowest BCUT2D eigenvalue weighted by molar-refractivity contribution is 0.944. The Morgan fingerprint density at radius 1 is 1.58 bits per heavy atom. The Morgan fingerprint density at radius 2 is 2.33 bits per heavy atom. The molecule has 0 bridgehead atoms. The summed E-state index contributed by atoms with van der Waals surface area (Å²) in [7, 11) is 0. The van der Waals surface area contributed by atoms with Crippen molar-refractivity contribution in [3.8, 4) is 6.07 Å². The molecule has 2 N–H and O–H groups in total. The van der Waals surface area contributed by atoms with Crippen molar-refractivity contribution in [3.05, 3.63) is 29.1 Å². The van der Waals surface area contributed by atoms with Gasteiger partial charge in [-0.1, -0.05) is 0 Å². The number of nitrogens with zero attached hydrogens (tertiary/aromatic N) is 2. The van der Waals surface area contributed by atoms with E-state index in [4.69, 9.17) is 11.0 Å². The highest BCUT2D eigenvalue weighted by atomic mass is 14.6. The van der Waals surface area contributed by atoms with Gasteiger partial charge in [0.25, 0.3) is 0 Å². The maximum atomic E-state index is 8.69. The van der Waals surface area contributed by atoms with Crippen LogP contribution >= 0.6 is 0 Å². The summed E-state index contributed by atoms with van der Waals surface area (Å²) in [6.07, 6.45) is 4.13. The second-order valence-corrected chi connectivity index (χ2v) is 2.62. The van der Waals surface area contributed by atoms with Crippen molar-refractivity contribution >= 4 is 0 Å². The van der Waals surface area contributed by atoms with Crippen LogP contribution in [0.3, 0.4) is 0 Å². The number of nitriles is 1. The molecule has 1 rings (SSSR count). The molecule has 0 saturated carbocycles. The van der Waals surface area contributed by atoms with E-state index in [1.807, 2.05) is 6.92 Å². The third kappa shape index (κ3) is 1.60. The second-order valence-electron chi connectivity index (χ2n) is 2.62. The van der Waals surface area contributed by atoms with E-state index in [0.717, 1.165) is 17.5 Å². The summed E-state index contributed by atoms with van der Waals surface area (Å²) in [5, 5.41) is 8.69. The van der Waals surface area contributed by atoms with E-state index < -0.39 is 0 Å². The Hall–Kier alpha value is -1.40. The molecular weight excluding hydrogens is 150 g/mol. The minimum absolute atomic E-state index is 0.595. The van der Waals surface area contributed by atoms with Gasteiger partial charge in [-0.15, -0.1) is 0 Å². The molecule has 0 unspecified atom stereocenters. The second kappa shape index (κ2) is 3.84. The molecule has 0 radical (unpaired) electrons. The van der Waals surface area contributed by atoms with Gasteiger partial charge in [-0.05, 0) is 31.0 Å². The van der Waals surface area contributed by atoms with Gasteiger partial charge in [-0.2, -0.15) is 5.26 Å². The largest absolute Gasteiger partial charge is 0.330 e. The van der Waals surface area contributed by atoms with Crippen molar-refractivity contribution in [2.75, 3.05) is 6.54 Å². The third-order valence-electron chi connectivity index (χ3n) is 1.85. The Labute approximate surface area is 71.8 Å². The van der Waals surface area contributed by atoms with Gasteiger partial charge in [0.15, 0.2) is 0 Å². The number of hydrogen-bond acceptors (Lipinski definition) is 3. The molecule has 1 heterocycles. The standard InChI is InChI=1S/C9H11N3/c1-7-8(2-3-10)5-12-6-9(7)4-11/h5-6H,2-3,10H2,1H3. The molecule has 0 aromatic carbocycles. The first kappa shape index (κ1) is 8.69. The van der Waals surface area contributed by atoms with Crippen LogP contribution in [0, 0.1) is 18.3 Å². The predicted molar refractivity (Wildman–Crippen MR) is 46.4 cm³/mol. The van der Waals surface area contributed by atoms with Crippen molar-refractivity contribution in [2.45, 2.75) is 13.3 Å². The molecular formula is C9H11N3. The van der Waals surface area contributed by atoms with Crippen LogP contribution in [0.4, 0.5) is 0 Å². The Balaban J connectivity index is 3.07. The monoisotopic (exact) mass is 161 g/mol. The van der Waals surface area contributed by atoms with E-state index in [1.165, 1.54) is 0 Å². The molecule has 12 heavy (non-hydrogen) atoms. The fourth-order valence-electron chi connectivity index (χ4n) is 1.09. The van der Waals surface area contributed by atoms with Crippen molar-refractivity contribution in [1.82, 2.24) is 4.98 Å². The third-order valence-corrected chi connectivity index (χ3v) is 1.85. The highest BCUT2D eigenvalue weighted by Crippen LogP contribution is 2.10. The van der Waals surface area contributed by atoms with Crippen LogP contribution in [-0.2, 0) is 6.42 Å². The zero-order chi connectivity index (χ0) is 8.97. The zero-order valence-corrected chi connectivity index (χ0v) is 7.04. The summed E-state index contributed by atoms with van der Waals surface area (Å²) in [5.41, 5.74) is 8.11. The van der Waals surface area contributed by atoms with E-state index in [9.17, 15) is 0 Å². The van der Waals surface area contributed by atoms with E-state index >= 15 is 0 Å². The van der Waals surface area contributed by atoms with Gasteiger partial charge in [0, 0.05) is 12.4 Å². The molecule has 0 saturated heterocycles. The van der Waals surface area contributed by atoms with Crippen molar-refractivity contribution in [3.63, 3.8) is 0 Å². The first-order valence-corrected chi connectivity index (χ1v) is 3.83. The molecule has 0 fully saturated rings. The van der Waals surface area contributed by atoms with Crippen molar-refractivity contribution in [1.29, 1.82) is 5.26 Å². The van der Waals surface area contributed by atoms with Crippen molar-refractivity contribution in [2.24, 2.45) is 5.73 Å². The molecule has 0 amide bonds. The highest BCUT2D eigenvalue weighted by Gasteiger charge is 2.02. The normalized spacial score (nSPS) is 9.42. The lowest BCUT2D eigenvalue weighted by atomic mass is 10.0. The zero-order valence-electron chi connectivity index (χ0n) is 7.04. The molecule has 1 aromatic heterocycles. The van der Waals surface area contributed by atoms with Gasteiger partial charge in [0.2, 0.25) is 0 Å². The Kier molecular flexibility index (Phi) is 2.78. The summed E-state index contributed by atoms with van der Waals surface area (Å²) in [4.78, 5) is 3.96. The molecule has 0 aliphatic rings. The Morgan fingerprint density at radius 3 is 2.92 bits per heavy atom. The quantitative estimate of drug-likeness (QED) is 0.696. The SMILES string of the molecule is Cc1c(C#N)cncc1CCN. The van der Waals surface area contributed by atoms with E-state index in [1.54, 1.807) is 12.4 Å². The first-order valence-electron chi connectivity index (χ1n) is 3.83. The number of pyridine rings is 1. The van der Waals surface area contributed by atoms with E-state index in [-0.39, 0.29) is 0 Å². The molecule has 1 aromatic rings. The number of aromatic nitrogens is 1. The molecule has 0 aliphatic carbocycles. The average Bonchev–Trinajstić information content (AvgIpc) is 2.09. The maximum absolute atomic E-state index is 8.69. The van der Waals surface area contributed by atoms with Crippen LogP contribution in [0.5, 0.6) is 0 Å². The summed E-state index contributed by atoms with van der Waals surface area (Å²) in [6.45, 7) is 2.52. The fourth-order valence-corrected chi connectivity index (χ4v) is 1.09. The van der Waals surface area contributed by atoms with Crippen LogP contribution in [-0.4, -0.2) is 11.5 Å². The number of nitrogens with two attached hydrogens (primary N) is 1. The van der Waals surface area contributed by atoms with Crippen LogP contribution in [0.15, 0.2) is 12.4 Å². The van der Waals surface area contributed by atoms with Gasteiger partial charge in [-0.25, -0.2) is 0 Å². The van der Waals surface area contributed by atoms with Crippen LogP contribution in [0.25, 0.3) is 0 Å². The molecule has 3 nitrogen and oxygen atoms in total. The molecule has 3 heteroatoms. The molecule has 0 spiro atoms. The van der Waals surface area contributed by atoms with Gasteiger partial charge in [-0.3, -0.25) is 4.98 Å². The number of rotatable bonds is 2. The summed E-state index contributed by atoms with van der Waals surface area (Å²) in [5.74, 6) is 0. The maximum Gasteiger partial charge on any atom is 0.101 e. The highest BCUT2D eigenvalue weighted by molar-refractivity contribution is 5.38. The lowest BCUT2D eigenvalue weighted by Gasteiger charge is -2.03. The fraction of sp³-hybridized carbons (Fsp3) is 0.333. The predicted octanol–water partition coefficient (Wildman–Crippen LogP) is 0.763. The first-order chi connectivity index (χ1) is 5.79. The van der Waals surface area contributed by atoms with Crippen LogP contribution in [0.2, 0.25) is 0 Å². The van der Waals surface area contributed by atoms with Crippen molar-refractivity contribution < 1.29 is 0 Å². The smallest absolute Gasteiger partial charge is 0.101 e. The summed E-state index contributed by atoms with van der Waals surface area (Å²) >= 11 is 0. The minimum Gasteiger partial charge on any atom is -0.330 e. The van der Waals surface area contributed by atoms with E-state index in [2.05, 4.69) is 11.1 Å². The molecule has 62 valence electrons.